The Hall–Kier alpha value is -1.87. The van der Waals surface area contributed by atoms with Gasteiger partial charge in [0, 0.05) is 4.47 Å². The lowest BCUT2D eigenvalue weighted by Crippen LogP contribution is -2.16. The van der Waals surface area contributed by atoms with Gasteiger partial charge in [-0.3, -0.25) is 9.82 Å². The Bertz CT molecular complexity index is 712. The van der Waals surface area contributed by atoms with Crippen LogP contribution in [0.1, 0.15) is 10.4 Å². The van der Waals surface area contributed by atoms with Crippen molar-refractivity contribution in [3.63, 3.8) is 0 Å². The third-order valence-corrected chi connectivity index (χ3v) is 4.01. The van der Waals surface area contributed by atoms with E-state index in [1.54, 1.807) is 0 Å². The van der Waals surface area contributed by atoms with Gasteiger partial charge in [-0.05, 0) is 24.3 Å². The fourth-order valence-electron chi connectivity index (χ4n) is 1.38. The first kappa shape index (κ1) is 13.6. The van der Waals surface area contributed by atoms with Crippen LogP contribution in [0.5, 0.6) is 0 Å². The van der Waals surface area contributed by atoms with E-state index in [2.05, 4.69) is 30.8 Å². The van der Waals surface area contributed by atoms with E-state index in [0.29, 0.717) is 4.47 Å². The number of carbonyl (C=O) groups is 1. The zero-order chi connectivity index (χ0) is 14.0. The van der Waals surface area contributed by atoms with Crippen LogP contribution in [-0.2, 0) is 10.0 Å². The molecule has 2 rings (SSSR count). The molecule has 3 N–H and O–H groups in total. The van der Waals surface area contributed by atoms with E-state index in [1.165, 1.54) is 30.5 Å². The van der Waals surface area contributed by atoms with E-state index >= 15 is 0 Å². The average molecular weight is 346 g/mol. The topological polar surface area (TPSA) is 112 Å². The minimum atomic E-state index is -3.89. The summed E-state index contributed by atoms with van der Waals surface area (Å²) < 4.78 is 26.7. The monoisotopic (exact) mass is 345 g/mol. The molecule has 1 aromatic heterocycles. The third kappa shape index (κ3) is 2.93. The van der Waals surface area contributed by atoms with E-state index in [-0.39, 0.29) is 16.3 Å². The molecule has 2 aromatic rings. The van der Waals surface area contributed by atoms with Crippen LogP contribution in [0.2, 0.25) is 0 Å². The fraction of sp³-hybridized carbons (Fsp3) is 0. The van der Waals surface area contributed by atoms with Crippen LogP contribution in [0, 0.1) is 0 Å². The number of halogens is 1. The second-order valence-corrected chi connectivity index (χ2v) is 6.09. The molecule has 0 atom stereocenters. The maximum Gasteiger partial charge on any atom is 0.337 e. The first-order valence-corrected chi connectivity index (χ1v) is 7.23. The van der Waals surface area contributed by atoms with Gasteiger partial charge in [0.1, 0.15) is 0 Å². The minimum Gasteiger partial charge on any atom is -0.478 e. The summed E-state index contributed by atoms with van der Waals surface area (Å²) in [5.74, 6) is -1.23. The number of carboxylic acid groups (broad SMARTS) is 1. The summed E-state index contributed by atoms with van der Waals surface area (Å²) in [6.07, 6.45) is 1.29. The summed E-state index contributed by atoms with van der Waals surface area (Å²) in [4.78, 5) is 11.0. The number of sulfonamides is 1. The van der Waals surface area contributed by atoms with Gasteiger partial charge in [0.15, 0.2) is 5.03 Å². The highest BCUT2D eigenvalue weighted by Crippen LogP contribution is 2.23. The number of nitrogens with one attached hydrogen (secondary N) is 2. The maximum absolute atomic E-state index is 12.0. The van der Waals surface area contributed by atoms with Gasteiger partial charge in [-0.25, -0.2) is 4.79 Å². The maximum atomic E-state index is 12.0. The predicted octanol–water partition coefficient (Wildman–Crippen LogP) is 1.67. The average Bonchev–Trinajstić information content (AvgIpc) is 2.81. The summed E-state index contributed by atoms with van der Waals surface area (Å²) >= 11 is 3.15. The highest BCUT2D eigenvalue weighted by Gasteiger charge is 2.19. The van der Waals surface area contributed by atoms with Gasteiger partial charge in [0.25, 0.3) is 10.0 Å². The number of benzene rings is 1. The van der Waals surface area contributed by atoms with Crippen molar-refractivity contribution in [1.29, 1.82) is 0 Å². The normalized spacial score (nSPS) is 11.2. The summed E-state index contributed by atoms with van der Waals surface area (Å²) in [6.45, 7) is 0. The molecule has 19 heavy (non-hydrogen) atoms. The largest absolute Gasteiger partial charge is 0.478 e. The number of hydrogen-bond donors (Lipinski definition) is 3. The molecule has 0 unspecified atom stereocenters. The van der Waals surface area contributed by atoms with Gasteiger partial charge in [0.05, 0.1) is 17.4 Å². The molecule has 7 nitrogen and oxygen atoms in total. The van der Waals surface area contributed by atoms with Crippen LogP contribution in [-0.4, -0.2) is 29.7 Å². The van der Waals surface area contributed by atoms with Crippen molar-refractivity contribution >= 4 is 37.6 Å². The van der Waals surface area contributed by atoms with Gasteiger partial charge in [-0.15, -0.1) is 0 Å². The molecule has 1 heterocycles. The molecule has 0 spiro atoms. The number of aromatic amines is 1. The first-order chi connectivity index (χ1) is 8.90. The lowest BCUT2D eigenvalue weighted by Gasteiger charge is -2.09. The minimum absolute atomic E-state index is 0.0310. The summed E-state index contributed by atoms with van der Waals surface area (Å²) in [5.41, 5.74) is -0.178. The van der Waals surface area contributed by atoms with Crippen molar-refractivity contribution in [3.05, 3.63) is 40.5 Å². The Morgan fingerprint density at radius 1 is 1.37 bits per heavy atom. The Kier molecular flexibility index (Phi) is 3.58. The number of anilines is 1. The Balaban J connectivity index is 2.44. The molecule has 1 aromatic carbocycles. The molecule has 0 aliphatic heterocycles. The third-order valence-electron chi connectivity index (χ3n) is 2.22. The summed E-state index contributed by atoms with van der Waals surface area (Å²) in [5, 5.41) is 14.7. The zero-order valence-corrected chi connectivity index (χ0v) is 11.7. The number of nitrogens with zero attached hydrogens (tertiary/aromatic N) is 1. The molecule has 0 aliphatic carbocycles. The Morgan fingerprint density at radius 3 is 2.68 bits per heavy atom. The van der Waals surface area contributed by atoms with E-state index in [9.17, 15) is 13.2 Å². The molecule has 100 valence electrons. The van der Waals surface area contributed by atoms with Gasteiger partial charge >= 0.3 is 5.97 Å². The molecule has 0 radical (unpaired) electrons. The van der Waals surface area contributed by atoms with Crippen LogP contribution in [0.25, 0.3) is 0 Å². The molecule has 0 saturated carbocycles. The number of hydrogen-bond acceptors (Lipinski definition) is 4. The van der Waals surface area contributed by atoms with Crippen LogP contribution < -0.4 is 4.72 Å². The molecule has 0 bridgehead atoms. The number of carboxylic acids is 1. The highest BCUT2D eigenvalue weighted by molar-refractivity contribution is 9.10. The fourth-order valence-corrected chi connectivity index (χ4v) is 2.72. The second kappa shape index (κ2) is 5.02. The highest BCUT2D eigenvalue weighted by atomic mass is 79.9. The predicted molar refractivity (Wildman–Crippen MR) is 70.5 cm³/mol. The van der Waals surface area contributed by atoms with E-state index in [4.69, 9.17) is 5.11 Å². The van der Waals surface area contributed by atoms with Crippen LogP contribution in [0.4, 0.5) is 5.69 Å². The van der Waals surface area contributed by atoms with Crippen molar-refractivity contribution in [1.82, 2.24) is 10.2 Å². The molecular formula is C10H8BrN3O4S. The van der Waals surface area contributed by atoms with E-state index in [1.807, 2.05) is 0 Å². The molecule has 0 aliphatic rings. The van der Waals surface area contributed by atoms with E-state index in [0.717, 1.165) is 0 Å². The second-order valence-electron chi connectivity index (χ2n) is 3.52. The lowest BCUT2D eigenvalue weighted by molar-refractivity contribution is 0.0698. The molecule has 0 amide bonds. The van der Waals surface area contributed by atoms with Crippen LogP contribution >= 0.6 is 15.9 Å². The SMILES string of the molecule is O=C(O)c1ccc(Br)cc1NS(=O)(=O)c1ccn[nH]1. The number of aromatic carboxylic acids is 1. The molecular weight excluding hydrogens is 338 g/mol. The summed E-state index contributed by atoms with van der Waals surface area (Å²) in [7, 11) is -3.89. The van der Waals surface area contributed by atoms with E-state index < -0.39 is 16.0 Å². The van der Waals surface area contributed by atoms with Gasteiger partial charge in [-0.1, -0.05) is 15.9 Å². The van der Waals surface area contributed by atoms with Crippen molar-refractivity contribution in [2.45, 2.75) is 5.03 Å². The van der Waals surface area contributed by atoms with Crippen molar-refractivity contribution in [2.24, 2.45) is 0 Å². The number of H-pyrrole nitrogens is 1. The van der Waals surface area contributed by atoms with Crippen molar-refractivity contribution in [3.8, 4) is 0 Å². The molecule has 9 heteroatoms. The quantitative estimate of drug-likeness (QED) is 0.780. The molecule has 0 fully saturated rings. The van der Waals surface area contributed by atoms with Crippen molar-refractivity contribution in [2.75, 3.05) is 4.72 Å². The number of aromatic nitrogens is 2. The Labute approximate surface area is 116 Å². The lowest BCUT2D eigenvalue weighted by atomic mass is 10.2. The smallest absolute Gasteiger partial charge is 0.337 e. The first-order valence-electron chi connectivity index (χ1n) is 4.95. The molecule has 0 saturated heterocycles. The van der Waals surface area contributed by atoms with Crippen LogP contribution in [0.3, 0.4) is 0 Å². The zero-order valence-electron chi connectivity index (χ0n) is 9.29. The standard InChI is InChI=1S/C10H8BrN3O4S/c11-6-1-2-7(10(15)16)8(5-6)14-19(17,18)9-3-4-12-13-9/h1-5,14H,(H,12,13)(H,15,16). The van der Waals surface area contributed by atoms with Gasteiger partial charge in [0.2, 0.25) is 0 Å². The van der Waals surface area contributed by atoms with Gasteiger partial charge in [-0.2, -0.15) is 13.5 Å². The van der Waals surface area contributed by atoms with Crippen molar-refractivity contribution < 1.29 is 18.3 Å². The summed E-state index contributed by atoms with van der Waals surface area (Å²) in [6, 6.07) is 5.45. The Morgan fingerprint density at radius 2 is 2.11 bits per heavy atom. The van der Waals surface area contributed by atoms with Gasteiger partial charge < -0.3 is 5.11 Å². The number of rotatable bonds is 4. The van der Waals surface area contributed by atoms with Crippen LogP contribution in [0.15, 0.2) is 40.0 Å².